The third-order valence-electron chi connectivity index (χ3n) is 3.65. The van der Waals surface area contributed by atoms with Crippen molar-refractivity contribution in [3.63, 3.8) is 0 Å². The monoisotopic (exact) mass is 327 g/mol. The van der Waals surface area contributed by atoms with Crippen LogP contribution in [0.4, 0.5) is 10.2 Å². The average molecular weight is 327 g/mol. The number of morpholine rings is 1. The Morgan fingerprint density at radius 1 is 1.04 bits per heavy atom. The second kappa shape index (κ2) is 6.32. The average Bonchev–Trinajstić information content (AvgIpc) is 3.14. The molecule has 0 radical (unpaired) electrons. The summed E-state index contributed by atoms with van der Waals surface area (Å²) in [5.41, 5.74) is 1.05. The van der Waals surface area contributed by atoms with Gasteiger partial charge >= 0.3 is 0 Å². The molecule has 0 unspecified atom stereocenters. The third-order valence-corrected chi connectivity index (χ3v) is 3.65. The molecule has 24 heavy (non-hydrogen) atoms. The second-order valence-corrected chi connectivity index (χ2v) is 5.22. The molecule has 8 heteroatoms. The number of nitrogens with zero attached hydrogens (tertiary/aromatic N) is 5. The zero-order valence-corrected chi connectivity index (χ0v) is 12.7. The van der Waals surface area contributed by atoms with Gasteiger partial charge in [-0.05, 0) is 12.1 Å². The molecule has 1 aliphatic rings. The zero-order valence-electron chi connectivity index (χ0n) is 12.7. The van der Waals surface area contributed by atoms with Gasteiger partial charge in [0.15, 0.2) is 17.5 Å². The van der Waals surface area contributed by atoms with Crippen LogP contribution in [0.5, 0.6) is 0 Å². The van der Waals surface area contributed by atoms with Crippen molar-refractivity contribution in [2.45, 2.75) is 0 Å². The number of oxazole rings is 1. The molecule has 0 spiro atoms. The van der Waals surface area contributed by atoms with Gasteiger partial charge in [0.05, 0.1) is 19.4 Å². The fraction of sp³-hybridized carbons (Fsp3) is 0.250. The van der Waals surface area contributed by atoms with E-state index in [4.69, 9.17) is 9.15 Å². The van der Waals surface area contributed by atoms with Crippen molar-refractivity contribution < 1.29 is 13.5 Å². The predicted molar refractivity (Wildman–Crippen MR) is 83.8 cm³/mol. The molecular weight excluding hydrogens is 313 g/mol. The van der Waals surface area contributed by atoms with Crippen molar-refractivity contribution in [3.05, 3.63) is 42.7 Å². The number of anilines is 1. The van der Waals surface area contributed by atoms with Gasteiger partial charge in [-0.15, -0.1) is 0 Å². The topological polar surface area (TPSA) is 77.2 Å². The van der Waals surface area contributed by atoms with Gasteiger partial charge in [-0.25, -0.2) is 19.3 Å². The van der Waals surface area contributed by atoms with Crippen LogP contribution in [0.1, 0.15) is 0 Å². The van der Waals surface area contributed by atoms with E-state index in [0.29, 0.717) is 49.4 Å². The van der Waals surface area contributed by atoms with Gasteiger partial charge in [0.25, 0.3) is 0 Å². The van der Waals surface area contributed by atoms with Gasteiger partial charge in [-0.1, -0.05) is 6.07 Å². The van der Waals surface area contributed by atoms with Gasteiger partial charge in [0, 0.05) is 19.3 Å². The standard InChI is InChI=1S/C16H14FN5O2/c17-11-9-19-14(21-15(11)22-5-7-23-8-6-22)13-10-24-16(20-13)12-3-1-2-4-18-12/h1-4,9-10H,5-8H2. The molecule has 3 aromatic rings. The minimum absolute atomic E-state index is 0.255. The fourth-order valence-electron chi connectivity index (χ4n) is 2.46. The highest BCUT2D eigenvalue weighted by Crippen LogP contribution is 2.24. The maximum atomic E-state index is 14.1. The molecule has 0 bridgehead atoms. The van der Waals surface area contributed by atoms with E-state index in [-0.39, 0.29) is 5.82 Å². The summed E-state index contributed by atoms with van der Waals surface area (Å²) < 4.78 is 24.8. The summed E-state index contributed by atoms with van der Waals surface area (Å²) in [6, 6.07) is 5.45. The van der Waals surface area contributed by atoms with Gasteiger partial charge < -0.3 is 14.1 Å². The van der Waals surface area contributed by atoms with E-state index in [2.05, 4.69) is 19.9 Å². The largest absolute Gasteiger partial charge is 0.443 e. The third kappa shape index (κ3) is 2.83. The Kier molecular flexibility index (Phi) is 3.87. The van der Waals surface area contributed by atoms with Gasteiger partial charge in [0.1, 0.15) is 17.7 Å². The molecule has 1 fully saturated rings. The van der Waals surface area contributed by atoms with Crippen molar-refractivity contribution in [3.8, 4) is 23.1 Å². The van der Waals surface area contributed by atoms with E-state index in [0.717, 1.165) is 6.20 Å². The van der Waals surface area contributed by atoms with Crippen molar-refractivity contribution in [1.29, 1.82) is 0 Å². The van der Waals surface area contributed by atoms with E-state index in [1.54, 1.807) is 12.3 Å². The summed E-state index contributed by atoms with van der Waals surface area (Å²) in [6.45, 7) is 2.27. The number of ether oxygens (including phenoxy) is 1. The number of hydrogen-bond acceptors (Lipinski definition) is 7. The van der Waals surface area contributed by atoms with Crippen LogP contribution in [0.25, 0.3) is 23.1 Å². The second-order valence-electron chi connectivity index (χ2n) is 5.22. The summed E-state index contributed by atoms with van der Waals surface area (Å²) in [5.74, 6) is 0.468. The van der Waals surface area contributed by atoms with Crippen LogP contribution in [-0.2, 0) is 4.74 Å². The molecule has 122 valence electrons. The first kappa shape index (κ1) is 14.7. The van der Waals surface area contributed by atoms with Crippen molar-refractivity contribution in [1.82, 2.24) is 19.9 Å². The van der Waals surface area contributed by atoms with Gasteiger partial charge in [-0.2, -0.15) is 0 Å². The molecular formula is C16H14FN5O2. The lowest BCUT2D eigenvalue weighted by atomic mass is 10.3. The Morgan fingerprint density at radius 3 is 2.71 bits per heavy atom. The summed E-state index contributed by atoms with van der Waals surface area (Å²) in [4.78, 5) is 18.7. The molecule has 4 rings (SSSR count). The number of aromatic nitrogens is 4. The van der Waals surface area contributed by atoms with E-state index in [1.807, 2.05) is 17.0 Å². The molecule has 0 aromatic carbocycles. The first-order valence-corrected chi connectivity index (χ1v) is 7.54. The highest BCUT2D eigenvalue weighted by Gasteiger charge is 2.19. The number of pyridine rings is 1. The number of rotatable bonds is 3. The fourth-order valence-corrected chi connectivity index (χ4v) is 2.46. The maximum Gasteiger partial charge on any atom is 0.245 e. The number of hydrogen-bond donors (Lipinski definition) is 0. The molecule has 1 saturated heterocycles. The van der Waals surface area contributed by atoms with Crippen LogP contribution in [-0.4, -0.2) is 46.2 Å². The van der Waals surface area contributed by atoms with Crippen molar-refractivity contribution >= 4 is 5.82 Å². The Balaban J connectivity index is 1.66. The molecule has 0 amide bonds. The van der Waals surface area contributed by atoms with Gasteiger partial charge in [-0.3, -0.25) is 4.98 Å². The van der Waals surface area contributed by atoms with E-state index < -0.39 is 5.82 Å². The molecule has 0 atom stereocenters. The van der Waals surface area contributed by atoms with E-state index >= 15 is 0 Å². The Bertz CT molecular complexity index is 833. The molecule has 1 aliphatic heterocycles. The van der Waals surface area contributed by atoms with Crippen LogP contribution in [0, 0.1) is 5.82 Å². The molecule has 3 aromatic heterocycles. The van der Waals surface area contributed by atoms with Crippen molar-refractivity contribution in [2.75, 3.05) is 31.2 Å². The molecule has 0 aliphatic carbocycles. The van der Waals surface area contributed by atoms with E-state index in [1.165, 1.54) is 6.26 Å². The van der Waals surface area contributed by atoms with Crippen LogP contribution in [0.15, 0.2) is 41.3 Å². The Labute approximate surface area is 137 Å². The first-order chi connectivity index (χ1) is 11.8. The minimum atomic E-state index is -0.464. The van der Waals surface area contributed by atoms with Crippen molar-refractivity contribution in [2.24, 2.45) is 0 Å². The quantitative estimate of drug-likeness (QED) is 0.729. The Hall–Kier alpha value is -2.87. The SMILES string of the molecule is Fc1cnc(-c2coc(-c3ccccn3)n2)nc1N1CCOCC1. The summed E-state index contributed by atoms with van der Waals surface area (Å²) >= 11 is 0. The lowest BCUT2D eigenvalue weighted by molar-refractivity contribution is 0.122. The van der Waals surface area contributed by atoms with Crippen LogP contribution >= 0.6 is 0 Å². The predicted octanol–water partition coefficient (Wildman–Crippen LogP) is 2.17. The first-order valence-electron chi connectivity index (χ1n) is 7.54. The highest BCUT2D eigenvalue weighted by molar-refractivity contribution is 5.56. The summed E-state index contributed by atoms with van der Waals surface area (Å²) in [6.07, 6.45) is 4.26. The molecule has 7 nitrogen and oxygen atoms in total. The lowest BCUT2D eigenvalue weighted by Crippen LogP contribution is -2.37. The Morgan fingerprint density at radius 2 is 1.92 bits per heavy atom. The maximum absolute atomic E-state index is 14.1. The lowest BCUT2D eigenvalue weighted by Gasteiger charge is -2.27. The number of halogens is 1. The van der Waals surface area contributed by atoms with Crippen LogP contribution in [0.2, 0.25) is 0 Å². The van der Waals surface area contributed by atoms with Crippen LogP contribution in [0.3, 0.4) is 0 Å². The normalized spacial score (nSPS) is 14.8. The highest BCUT2D eigenvalue weighted by atomic mass is 19.1. The minimum Gasteiger partial charge on any atom is -0.443 e. The summed E-state index contributed by atoms with van der Waals surface area (Å²) in [5, 5.41) is 0. The van der Waals surface area contributed by atoms with Crippen LogP contribution < -0.4 is 4.90 Å². The molecule has 0 N–H and O–H groups in total. The molecule has 0 saturated carbocycles. The smallest absolute Gasteiger partial charge is 0.245 e. The zero-order chi connectivity index (χ0) is 16.4. The van der Waals surface area contributed by atoms with E-state index in [9.17, 15) is 4.39 Å². The summed E-state index contributed by atoms with van der Waals surface area (Å²) in [7, 11) is 0. The molecule has 4 heterocycles. The van der Waals surface area contributed by atoms with Gasteiger partial charge in [0.2, 0.25) is 5.89 Å².